The Kier molecular flexibility index (Phi) is 2.70. The Morgan fingerprint density at radius 1 is 1.23 bits per heavy atom. The SMILES string of the molecule is Fc1ccc(-c2nn3c(c2-c2ccnc4[nH]nc(Cl)c24)C[C@@H]2C[C@@H]23)nc1. The standard InChI is InChI=1S/C18H12ClFN6/c19-17-15-10(3-4-21-18(15)24-23-17)14-13-6-8-5-12(8)26(13)25-16(14)11-2-1-9(20)7-22-11/h1-4,7-8,12H,5-6H2,(H,21,23,24)/t8-,12-/m0/s1. The molecule has 0 aromatic carbocycles. The van der Waals surface area contributed by atoms with E-state index in [9.17, 15) is 4.39 Å². The van der Waals surface area contributed by atoms with Crippen LogP contribution in [0.25, 0.3) is 33.5 Å². The third-order valence-corrected chi connectivity index (χ3v) is 5.59. The average Bonchev–Trinajstić information content (AvgIpc) is 2.98. The van der Waals surface area contributed by atoms with Crippen LogP contribution in [-0.4, -0.2) is 29.9 Å². The van der Waals surface area contributed by atoms with Crippen LogP contribution in [-0.2, 0) is 6.42 Å². The summed E-state index contributed by atoms with van der Waals surface area (Å²) in [6.07, 6.45) is 5.10. The van der Waals surface area contributed by atoms with Crippen LogP contribution >= 0.6 is 11.6 Å². The highest BCUT2D eigenvalue weighted by atomic mass is 35.5. The zero-order chi connectivity index (χ0) is 17.4. The molecule has 0 saturated heterocycles. The number of aromatic nitrogens is 6. The van der Waals surface area contributed by atoms with E-state index >= 15 is 0 Å². The van der Waals surface area contributed by atoms with Crippen molar-refractivity contribution in [1.29, 1.82) is 0 Å². The van der Waals surface area contributed by atoms with Crippen LogP contribution in [0.15, 0.2) is 30.6 Å². The molecule has 4 aromatic rings. The normalized spacial score (nSPS) is 20.4. The van der Waals surface area contributed by atoms with Crippen LogP contribution in [0, 0.1) is 11.7 Å². The summed E-state index contributed by atoms with van der Waals surface area (Å²) in [4.78, 5) is 8.56. The Morgan fingerprint density at radius 3 is 3.00 bits per heavy atom. The van der Waals surface area contributed by atoms with E-state index in [1.54, 1.807) is 12.3 Å². The molecule has 0 bridgehead atoms. The first kappa shape index (κ1) is 14.4. The van der Waals surface area contributed by atoms with Crippen molar-refractivity contribution < 1.29 is 4.39 Å². The second-order valence-electron chi connectivity index (χ2n) is 6.84. The van der Waals surface area contributed by atoms with Gasteiger partial charge < -0.3 is 0 Å². The van der Waals surface area contributed by atoms with Crippen molar-refractivity contribution in [3.63, 3.8) is 0 Å². The van der Waals surface area contributed by atoms with Gasteiger partial charge in [-0.25, -0.2) is 9.37 Å². The van der Waals surface area contributed by atoms with Crippen LogP contribution in [0.2, 0.25) is 5.15 Å². The molecule has 128 valence electrons. The highest BCUT2D eigenvalue weighted by Crippen LogP contribution is 2.55. The van der Waals surface area contributed by atoms with E-state index in [1.807, 2.05) is 6.07 Å². The van der Waals surface area contributed by atoms with E-state index in [4.69, 9.17) is 16.7 Å². The lowest BCUT2D eigenvalue weighted by molar-refractivity contribution is 0.621. The molecule has 0 amide bonds. The van der Waals surface area contributed by atoms with Crippen LogP contribution in [0.3, 0.4) is 0 Å². The van der Waals surface area contributed by atoms with Gasteiger partial charge in [-0.1, -0.05) is 11.6 Å². The van der Waals surface area contributed by atoms with E-state index in [0.717, 1.165) is 28.6 Å². The second kappa shape index (κ2) is 4.88. The lowest BCUT2D eigenvalue weighted by Gasteiger charge is -2.07. The Bertz CT molecular complexity index is 1180. The third-order valence-electron chi connectivity index (χ3n) is 5.32. The quantitative estimate of drug-likeness (QED) is 0.585. The lowest BCUT2D eigenvalue weighted by atomic mass is 9.98. The molecule has 8 heteroatoms. The van der Waals surface area contributed by atoms with Gasteiger partial charge in [0.25, 0.3) is 0 Å². The topological polar surface area (TPSA) is 72.3 Å². The fourth-order valence-corrected chi connectivity index (χ4v) is 4.27. The molecule has 2 aliphatic rings. The van der Waals surface area contributed by atoms with Gasteiger partial charge in [-0.15, -0.1) is 0 Å². The molecule has 1 fully saturated rings. The summed E-state index contributed by atoms with van der Waals surface area (Å²) in [6.45, 7) is 0. The summed E-state index contributed by atoms with van der Waals surface area (Å²) >= 11 is 6.33. The first-order chi connectivity index (χ1) is 12.7. The van der Waals surface area contributed by atoms with Gasteiger partial charge in [0.2, 0.25) is 0 Å². The number of pyridine rings is 2. The smallest absolute Gasteiger partial charge is 0.160 e. The number of nitrogens with one attached hydrogen (secondary N) is 1. The fourth-order valence-electron chi connectivity index (χ4n) is 4.04. The van der Waals surface area contributed by atoms with E-state index in [0.29, 0.717) is 28.5 Å². The molecule has 0 radical (unpaired) electrons. The average molecular weight is 367 g/mol. The molecule has 6 nitrogen and oxygen atoms in total. The van der Waals surface area contributed by atoms with Crippen LogP contribution in [0.1, 0.15) is 18.2 Å². The Hall–Kier alpha value is -2.80. The number of nitrogens with zero attached hydrogens (tertiary/aromatic N) is 5. The number of hydrogen-bond acceptors (Lipinski definition) is 4. The first-order valence-corrected chi connectivity index (χ1v) is 8.81. The largest absolute Gasteiger partial charge is 0.265 e. The van der Waals surface area contributed by atoms with Crippen LogP contribution < -0.4 is 0 Å². The highest BCUT2D eigenvalue weighted by Gasteiger charge is 2.48. The van der Waals surface area contributed by atoms with Crippen molar-refractivity contribution in [1.82, 2.24) is 29.9 Å². The molecule has 26 heavy (non-hydrogen) atoms. The summed E-state index contributed by atoms with van der Waals surface area (Å²) < 4.78 is 15.5. The van der Waals surface area contributed by atoms with Gasteiger partial charge in [-0.05, 0) is 37.0 Å². The van der Waals surface area contributed by atoms with E-state index in [1.165, 1.54) is 24.4 Å². The molecular formula is C18H12ClFN6. The van der Waals surface area contributed by atoms with E-state index in [2.05, 4.69) is 24.8 Å². The molecule has 6 rings (SSSR count). The Balaban J connectivity index is 1.67. The van der Waals surface area contributed by atoms with Crippen molar-refractivity contribution in [2.24, 2.45) is 5.92 Å². The van der Waals surface area contributed by atoms with Gasteiger partial charge in [0, 0.05) is 23.0 Å². The minimum Gasteiger partial charge on any atom is -0.265 e. The molecule has 5 heterocycles. The van der Waals surface area contributed by atoms with Crippen molar-refractivity contribution in [2.75, 3.05) is 0 Å². The summed E-state index contributed by atoms with van der Waals surface area (Å²) in [5.41, 5.74) is 5.12. The zero-order valence-electron chi connectivity index (χ0n) is 13.4. The monoisotopic (exact) mass is 366 g/mol. The summed E-state index contributed by atoms with van der Waals surface area (Å²) in [7, 11) is 0. The molecule has 1 N–H and O–H groups in total. The number of rotatable bonds is 2. The molecule has 1 aliphatic carbocycles. The number of H-pyrrole nitrogens is 1. The number of fused-ring (bicyclic) bond motifs is 4. The summed E-state index contributed by atoms with van der Waals surface area (Å²) in [5.74, 6) is 0.303. The fraction of sp³-hybridized carbons (Fsp3) is 0.222. The maximum Gasteiger partial charge on any atom is 0.160 e. The van der Waals surface area contributed by atoms with Crippen molar-refractivity contribution in [3.05, 3.63) is 47.3 Å². The minimum atomic E-state index is -0.367. The van der Waals surface area contributed by atoms with Gasteiger partial charge in [0.1, 0.15) is 11.5 Å². The lowest BCUT2D eigenvalue weighted by Crippen LogP contribution is -1.96. The molecule has 2 atom stereocenters. The predicted molar refractivity (Wildman–Crippen MR) is 94.2 cm³/mol. The van der Waals surface area contributed by atoms with Gasteiger partial charge >= 0.3 is 0 Å². The Labute approximate surface area is 152 Å². The molecule has 1 aliphatic heterocycles. The number of halogens is 2. The van der Waals surface area contributed by atoms with Crippen LogP contribution in [0.4, 0.5) is 4.39 Å². The Morgan fingerprint density at radius 2 is 2.15 bits per heavy atom. The van der Waals surface area contributed by atoms with Crippen molar-refractivity contribution in [2.45, 2.75) is 18.9 Å². The summed E-state index contributed by atoms with van der Waals surface area (Å²) in [6, 6.07) is 5.47. The van der Waals surface area contributed by atoms with Crippen LogP contribution in [0.5, 0.6) is 0 Å². The van der Waals surface area contributed by atoms with E-state index in [-0.39, 0.29) is 5.82 Å². The molecule has 0 spiro atoms. The highest BCUT2D eigenvalue weighted by molar-refractivity contribution is 6.35. The van der Waals surface area contributed by atoms with Crippen molar-refractivity contribution >= 4 is 22.6 Å². The number of hydrogen-bond donors (Lipinski definition) is 1. The molecule has 4 aromatic heterocycles. The maximum atomic E-state index is 13.3. The second-order valence-corrected chi connectivity index (χ2v) is 7.20. The predicted octanol–water partition coefficient (Wildman–Crippen LogP) is 3.79. The van der Waals surface area contributed by atoms with Gasteiger partial charge in [0.15, 0.2) is 10.8 Å². The molecule has 1 saturated carbocycles. The molecular weight excluding hydrogens is 355 g/mol. The van der Waals surface area contributed by atoms with Gasteiger partial charge in [0.05, 0.1) is 23.3 Å². The van der Waals surface area contributed by atoms with E-state index < -0.39 is 0 Å². The third kappa shape index (κ3) is 1.86. The minimum absolute atomic E-state index is 0.367. The number of aromatic amines is 1. The van der Waals surface area contributed by atoms with Crippen molar-refractivity contribution in [3.8, 4) is 22.5 Å². The summed E-state index contributed by atoms with van der Waals surface area (Å²) in [5, 5.41) is 12.9. The van der Waals surface area contributed by atoms with Gasteiger partial charge in [-0.2, -0.15) is 10.2 Å². The zero-order valence-corrected chi connectivity index (χ0v) is 14.2. The molecule has 0 unspecified atom stereocenters. The van der Waals surface area contributed by atoms with Gasteiger partial charge in [-0.3, -0.25) is 14.8 Å². The first-order valence-electron chi connectivity index (χ1n) is 8.43. The maximum absolute atomic E-state index is 13.3.